The molecule has 0 aliphatic rings. The highest BCUT2D eigenvalue weighted by molar-refractivity contribution is 7.99. The Bertz CT molecular complexity index is 1080. The van der Waals surface area contributed by atoms with E-state index in [1.807, 2.05) is 38.3 Å². The lowest BCUT2D eigenvalue weighted by molar-refractivity contribution is 0.419. The van der Waals surface area contributed by atoms with E-state index in [2.05, 4.69) is 30.1 Å². The minimum atomic E-state index is 0.454. The van der Waals surface area contributed by atoms with Crippen LogP contribution >= 0.6 is 23.1 Å². The van der Waals surface area contributed by atoms with E-state index in [0.717, 1.165) is 32.5 Å². The first kappa shape index (κ1) is 17.7. The Morgan fingerprint density at radius 2 is 2.00 bits per heavy atom. The maximum absolute atomic E-state index is 5.77. The van der Waals surface area contributed by atoms with Gasteiger partial charge in [0.2, 0.25) is 5.89 Å². The fourth-order valence-corrected chi connectivity index (χ4v) is 3.83. The topological polar surface area (TPSA) is 90.5 Å². The molecule has 0 aliphatic heterocycles. The highest BCUT2D eigenvalue weighted by Crippen LogP contribution is 2.30. The summed E-state index contributed by atoms with van der Waals surface area (Å²) in [5, 5.41) is 12.5. The van der Waals surface area contributed by atoms with Crippen LogP contribution in [0.15, 0.2) is 44.6 Å². The Morgan fingerprint density at radius 3 is 2.74 bits per heavy atom. The molecule has 0 amide bonds. The quantitative estimate of drug-likeness (QED) is 0.467. The monoisotopic (exact) mass is 396 g/mol. The van der Waals surface area contributed by atoms with Crippen molar-refractivity contribution in [3.8, 4) is 11.4 Å². The van der Waals surface area contributed by atoms with E-state index in [9.17, 15) is 0 Å². The smallest absolute Gasteiger partial charge is 0.282 e. The predicted molar refractivity (Wildman–Crippen MR) is 103 cm³/mol. The average Bonchev–Trinajstić information content (AvgIpc) is 3.28. The SMILES string of the molecule is Cc1nc(Cc2nnc(Sc3nc(-c4cccnc4)nc(C)c3C)o2)cs1. The van der Waals surface area contributed by atoms with Crippen molar-refractivity contribution >= 4 is 23.1 Å². The molecule has 0 spiro atoms. The van der Waals surface area contributed by atoms with Crippen molar-refractivity contribution in [3.05, 3.63) is 57.8 Å². The molecule has 7 nitrogen and oxygen atoms in total. The van der Waals surface area contributed by atoms with Crippen molar-refractivity contribution in [2.24, 2.45) is 0 Å². The summed E-state index contributed by atoms with van der Waals surface area (Å²) in [6.45, 7) is 5.92. The van der Waals surface area contributed by atoms with Crippen LogP contribution in [0.1, 0.15) is 27.8 Å². The van der Waals surface area contributed by atoms with Gasteiger partial charge in [-0.1, -0.05) is 0 Å². The molecule has 136 valence electrons. The van der Waals surface area contributed by atoms with E-state index in [1.165, 1.54) is 11.8 Å². The Hall–Kier alpha value is -2.65. The Balaban J connectivity index is 1.58. The maximum Gasteiger partial charge on any atom is 0.282 e. The van der Waals surface area contributed by atoms with Gasteiger partial charge in [-0.2, -0.15) is 0 Å². The lowest BCUT2D eigenvalue weighted by atomic mass is 10.2. The molecule has 0 saturated carbocycles. The lowest BCUT2D eigenvalue weighted by Gasteiger charge is -2.08. The second-order valence-corrected chi connectivity index (χ2v) is 7.91. The molecular formula is C18H16N6OS2. The summed E-state index contributed by atoms with van der Waals surface area (Å²) in [5.41, 5.74) is 3.70. The summed E-state index contributed by atoms with van der Waals surface area (Å²) < 4.78 is 5.77. The highest BCUT2D eigenvalue weighted by Gasteiger charge is 2.15. The minimum Gasteiger partial charge on any atom is -0.415 e. The van der Waals surface area contributed by atoms with Crippen LogP contribution in [0.5, 0.6) is 0 Å². The predicted octanol–water partition coefficient (Wildman–Crippen LogP) is 4.05. The van der Waals surface area contributed by atoms with Crippen molar-refractivity contribution < 1.29 is 4.42 Å². The van der Waals surface area contributed by atoms with Gasteiger partial charge in [-0.05, 0) is 44.7 Å². The fourth-order valence-electron chi connectivity index (χ4n) is 2.40. The summed E-state index contributed by atoms with van der Waals surface area (Å²) in [7, 11) is 0. The number of aryl methyl sites for hydroxylation is 2. The second-order valence-electron chi connectivity index (χ2n) is 5.90. The van der Waals surface area contributed by atoms with E-state index in [0.29, 0.717) is 23.4 Å². The zero-order valence-corrected chi connectivity index (χ0v) is 16.6. The highest BCUT2D eigenvalue weighted by atomic mass is 32.2. The Kier molecular flexibility index (Phi) is 4.95. The van der Waals surface area contributed by atoms with Crippen LogP contribution < -0.4 is 0 Å². The lowest BCUT2D eigenvalue weighted by Crippen LogP contribution is -1.98. The first-order chi connectivity index (χ1) is 13.1. The summed E-state index contributed by atoms with van der Waals surface area (Å²) in [6.07, 6.45) is 4.00. The van der Waals surface area contributed by atoms with Gasteiger partial charge in [0.15, 0.2) is 5.82 Å². The number of hydrogen-bond donors (Lipinski definition) is 0. The van der Waals surface area contributed by atoms with E-state index in [1.54, 1.807) is 23.7 Å². The molecule has 4 aromatic rings. The summed E-state index contributed by atoms with van der Waals surface area (Å²) in [5.74, 6) is 1.17. The van der Waals surface area contributed by atoms with Crippen molar-refractivity contribution in [2.45, 2.75) is 37.4 Å². The molecule has 0 aliphatic carbocycles. The zero-order valence-electron chi connectivity index (χ0n) is 15.0. The normalized spacial score (nSPS) is 11.1. The third-order valence-electron chi connectivity index (χ3n) is 3.90. The van der Waals surface area contributed by atoms with Gasteiger partial charge in [0.05, 0.1) is 17.1 Å². The van der Waals surface area contributed by atoms with Gasteiger partial charge in [0, 0.05) is 34.6 Å². The molecule has 0 fully saturated rings. The van der Waals surface area contributed by atoms with E-state index < -0.39 is 0 Å². The van der Waals surface area contributed by atoms with Crippen LogP contribution in [0.3, 0.4) is 0 Å². The van der Waals surface area contributed by atoms with Crippen LogP contribution in [-0.4, -0.2) is 30.1 Å². The number of rotatable bonds is 5. The summed E-state index contributed by atoms with van der Waals surface area (Å²) in [6, 6.07) is 3.80. The largest absolute Gasteiger partial charge is 0.415 e. The number of aromatic nitrogens is 6. The van der Waals surface area contributed by atoms with Crippen LogP contribution in [-0.2, 0) is 6.42 Å². The fraction of sp³-hybridized carbons (Fsp3) is 0.222. The molecule has 0 unspecified atom stereocenters. The van der Waals surface area contributed by atoms with Crippen LogP contribution in [0.4, 0.5) is 0 Å². The van der Waals surface area contributed by atoms with Crippen molar-refractivity contribution in [1.82, 2.24) is 30.1 Å². The molecule has 4 heterocycles. The molecule has 4 aromatic heterocycles. The standard InChI is InChI=1S/C18H16N6OS2/c1-10-11(2)20-16(13-5-4-6-19-8-13)22-17(10)27-18-24-23-15(25-18)7-14-9-26-12(3)21-14/h4-6,8-9H,7H2,1-3H3. The van der Waals surface area contributed by atoms with Gasteiger partial charge in [0.25, 0.3) is 5.22 Å². The molecule has 0 N–H and O–H groups in total. The molecule has 9 heteroatoms. The zero-order chi connectivity index (χ0) is 18.8. The van der Waals surface area contributed by atoms with Crippen molar-refractivity contribution in [1.29, 1.82) is 0 Å². The van der Waals surface area contributed by atoms with Gasteiger partial charge >= 0.3 is 0 Å². The molecule has 4 rings (SSSR count). The van der Waals surface area contributed by atoms with Crippen molar-refractivity contribution in [3.63, 3.8) is 0 Å². The molecule has 0 aromatic carbocycles. The molecule has 0 radical (unpaired) electrons. The Morgan fingerprint density at radius 1 is 1.11 bits per heavy atom. The summed E-state index contributed by atoms with van der Waals surface area (Å²) >= 11 is 2.95. The number of nitrogens with zero attached hydrogens (tertiary/aromatic N) is 6. The minimum absolute atomic E-state index is 0.454. The average molecular weight is 397 g/mol. The van der Waals surface area contributed by atoms with Gasteiger partial charge in [-0.15, -0.1) is 21.5 Å². The molecule has 0 atom stereocenters. The summed E-state index contributed by atoms with van der Waals surface area (Å²) in [4.78, 5) is 17.8. The van der Waals surface area contributed by atoms with E-state index >= 15 is 0 Å². The third kappa shape index (κ3) is 4.04. The maximum atomic E-state index is 5.77. The molecule has 27 heavy (non-hydrogen) atoms. The number of hydrogen-bond acceptors (Lipinski definition) is 9. The number of thiazole rings is 1. The van der Waals surface area contributed by atoms with Crippen LogP contribution in [0, 0.1) is 20.8 Å². The number of pyridine rings is 1. The van der Waals surface area contributed by atoms with Gasteiger partial charge in [-0.25, -0.2) is 15.0 Å². The first-order valence-electron chi connectivity index (χ1n) is 8.25. The van der Waals surface area contributed by atoms with Crippen LogP contribution in [0.25, 0.3) is 11.4 Å². The van der Waals surface area contributed by atoms with Gasteiger partial charge in [0.1, 0.15) is 5.03 Å². The van der Waals surface area contributed by atoms with Crippen LogP contribution in [0.2, 0.25) is 0 Å². The van der Waals surface area contributed by atoms with Gasteiger partial charge in [-0.3, -0.25) is 4.98 Å². The molecular weight excluding hydrogens is 380 g/mol. The third-order valence-corrected chi connectivity index (χ3v) is 5.65. The van der Waals surface area contributed by atoms with E-state index in [4.69, 9.17) is 4.42 Å². The second kappa shape index (κ2) is 7.53. The molecule has 0 bridgehead atoms. The van der Waals surface area contributed by atoms with Gasteiger partial charge < -0.3 is 4.42 Å². The molecule has 0 saturated heterocycles. The Labute approximate surface area is 164 Å². The van der Waals surface area contributed by atoms with E-state index in [-0.39, 0.29) is 0 Å². The van der Waals surface area contributed by atoms with Crippen molar-refractivity contribution in [2.75, 3.05) is 0 Å². The first-order valence-corrected chi connectivity index (χ1v) is 9.95.